The predicted octanol–water partition coefficient (Wildman–Crippen LogP) is 9.01. The first-order valence-electron chi connectivity index (χ1n) is 11.4. The minimum Gasteiger partial charge on any atom is -0.309 e. The second-order valence-electron chi connectivity index (χ2n) is 9.52. The first-order chi connectivity index (χ1) is 16.1. The van der Waals surface area contributed by atoms with E-state index < -0.39 is 0 Å². The molecule has 1 nitrogen and oxygen atoms in total. The minimum absolute atomic E-state index is 0.109. The zero-order valence-electron chi connectivity index (χ0n) is 18.6. The average Bonchev–Trinajstić information content (AvgIpc) is 3.30. The van der Waals surface area contributed by atoms with Gasteiger partial charge >= 0.3 is 0 Å². The van der Waals surface area contributed by atoms with Crippen LogP contribution in [0.2, 0.25) is 0 Å². The number of rotatable bonds is 1. The van der Waals surface area contributed by atoms with Crippen molar-refractivity contribution in [2.24, 2.45) is 0 Å². The van der Waals surface area contributed by atoms with Gasteiger partial charge in [0.25, 0.3) is 0 Å². The van der Waals surface area contributed by atoms with Gasteiger partial charge in [0.2, 0.25) is 0 Å². The van der Waals surface area contributed by atoms with E-state index >= 15 is 0 Å². The van der Waals surface area contributed by atoms with Crippen molar-refractivity contribution in [3.63, 3.8) is 0 Å². The number of hydrogen-bond acceptors (Lipinski definition) is 0. The van der Waals surface area contributed by atoms with Gasteiger partial charge < -0.3 is 4.57 Å². The molecule has 2 heteroatoms. The molecular weight excluding hydrogens is 466 g/mol. The molecule has 1 heterocycles. The fraction of sp³-hybridized carbons (Fsp3) is 0.0968. The van der Waals surface area contributed by atoms with Crippen LogP contribution in [-0.4, -0.2) is 4.57 Å². The quantitative estimate of drug-likeness (QED) is 0.218. The fourth-order valence-electron chi connectivity index (χ4n) is 6.05. The molecule has 7 rings (SSSR count). The van der Waals surface area contributed by atoms with Crippen LogP contribution in [0.1, 0.15) is 25.0 Å². The van der Waals surface area contributed by atoms with Crippen molar-refractivity contribution in [1.82, 2.24) is 4.57 Å². The summed E-state index contributed by atoms with van der Waals surface area (Å²) in [5.74, 6) is 0. The average molecular weight is 488 g/mol. The van der Waals surface area contributed by atoms with E-state index in [1.807, 2.05) is 0 Å². The highest BCUT2D eigenvalue weighted by atomic mass is 79.9. The van der Waals surface area contributed by atoms with Crippen LogP contribution in [0, 0.1) is 0 Å². The Hall–Kier alpha value is -3.36. The molecular formula is C31H22BrN. The standard InChI is InChI=1S/C31H22BrN/c1-31(2)25-18-19(32)16-17-23(25)27-21-12-6-7-13-22(21)30-28(29(27)31)24-14-8-9-15-26(24)33(30)20-10-4-3-5-11-20/h3-18H,1-2H3. The Balaban J connectivity index is 1.81. The topological polar surface area (TPSA) is 4.93 Å². The third kappa shape index (κ3) is 2.42. The largest absolute Gasteiger partial charge is 0.309 e. The van der Waals surface area contributed by atoms with E-state index in [1.54, 1.807) is 0 Å². The van der Waals surface area contributed by atoms with E-state index in [4.69, 9.17) is 0 Å². The number of nitrogens with zero attached hydrogens (tertiary/aromatic N) is 1. The van der Waals surface area contributed by atoms with E-state index in [1.165, 1.54) is 60.5 Å². The van der Waals surface area contributed by atoms with Crippen LogP contribution < -0.4 is 0 Å². The van der Waals surface area contributed by atoms with Crippen molar-refractivity contribution in [2.45, 2.75) is 19.3 Å². The molecule has 0 radical (unpaired) electrons. The number of benzene rings is 5. The number of para-hydroxylation sites is 2. The van der Waals surface area contributed by atoms with Crippen molar-refractivity contribution >= 4 is 48.5 Å². The molecule has 6 aromatic rings. The summed E-state index contributed by atoms with van der Waals surface area (Å²) in [5, 5.41) is 5.32. The molecule has 1 aliphatic rings. The van der Waals surface area contributed by atoms with Crippen LogP contribution in [0.3, 0.4) is 0 Å². The maximum Gasteiger partial charge on any atom is 0.0623 e. The number of aromatic nitrogens is 1. The van der Waals surface area contributed by atoms with Gasteiger partial charge in [-0.1, -0.05) is 96.5 Å². The Labute approximate surface area is 201 Å². The van der Waals surface area contributed by atoms with Gasteiger partial charge in [0.05, 0.1) is 11.0 Å². The van der Waals surface area contributed by atoms with Gasteiger partial charge in [0.1, 0.15) is 0 Å². The number of halogens is 1. The molecule has 0 N–H and O–H groups in total. The van der Waals surface area contributed by atoms with Crippen LogP contribution in [0.15, 0.2) is 102 Å². The lowest BCUT2D eigenvalue weighted by Gasteiger charge is -2.23. The minimum atomic E-state index is -0.109. The van der Waals surface area contributed by atoms with Gasteiger partial charge in [-0.15, -0.1) is 0 Å². The highest BCUT2D eigenvalue weighted by molar-refractivity contribution is 9.10. The highest BCUT2D eigenvalue weighted by Gasteiger charge is 2.40. The molecule has 1 aliphatic carbocycles. The van der Waals surface area contributed by atoms with E-state index in [0.717, 1.165) is 4.47 Å². The Morgan fingerprint density at radius 1 is 0.697 bits per heavy atom. The highest BCUT2D eigenvalue weighted by Crippen LogP contribution is 2.56. The number of fused-ring (bicyclic) bond motifs is 10. The van der Waals surface area contributed by atoms with Gasteiger partial charge in [-0.3, -0.25) is 0 Å². The molecule has 0 unspecified atom stereocenters. The van der Waals surface area contributed by atoms with Crippen molar-refractivity contribution in [1.29, 1.82) is 0 Å². The van der Waals surface area contributed by atoms with E-state index in [0.29, 0.717) is 0 Å². The second-order valence-corrected chi connectivity index (χ2v) is 10.4. The molecule has 0 bridgehead atoms. The van der Waals surface area contributed by atoms with E-state index in [2.05, 4.69) is 131 Å². The van der Waals surface area contributed by atoms with Crippen LogP contribution in [0.5, 0.6) is 0 Å². The molecule has 1 aromatic heterocycles. The number of hydrogen-bond donors (Lipinski definition) is 0. The van der Waals surface area contributed by atoms with E-state index in [9.17, 15) is 0 Å². The van der Waals surface area contributed by atoms with Crippen LogP contribution >= 0.6 is 15.9 Å². The Morgan fingerprint density at radius 2 is 1.36 bits per heavy atom. The lowest BCUT2D eigenvalue weighted by atomic mass is 9.79. The lowest BCUT2D eigenvalue weighted by molar-refractivity contribution is 0.666. The van der Waals surface area contributed by atoms with Crippen LogP contribution in [0.4, 0.5) is 0 Å². The van der Waals surface area contributed by atoms with Gasteiger partial charge in [-0.25, -0.2) is 0 Å². The first kappa shape index (κ1) is 19.1. The molecule has 0 saturated carbocycles. The molecule has 5 aromatic carbocycles. The van der Waals surface area contributed by atoms with Crippen molar-refractivity contribution in [2.75, 3.05) is 0 Å². The lowest BCUT2D eigenvalue weighted by Crippen LogP contribution is -2.15. The summed E-state index contributed by atoms with van der Waals surface area (Å²) in [6.45, 7) is 4.76. The van der Waals surface area contributed by atoms with Crippen molar-refractivity contribution in [3.8, 4) is 16.8 Å². The normalized spacial score (nSPS) is 14.2. The predicted molar refractivity (Wildman–Crippen MR) is 144 cm³/mol. The molecule has 0 aliphatic heterocycles. The van der Waals surface area contributed by atoms with Gasteiger partial charge in [0.15, 0.2) is 0 Å². The fourth-order valence-corrected chi connectivity index (χ4v) is 6.41. The van der Waals surface area contributed by atoms with Gasteiger partial charge in [0, 0.05) is 31.7 Å². The third-order valence-corrected chi connectivity index (χ3v) is 7.88. The monoisotopic (exact) mass is 487 g/mol. The molecule has 0 amide bonds. The summed E-state index contributed by atoms with van der Waals surface area (Å²) in [4.78, 5) is 0. The summed E-state index contributed by atoms with van der Waals surface area (Å²) in [6.07, 6.45) is 0. The SMILES string of the molecule is CC1(C)c2cc(Br)ccc2-c2c1c1c3ccccc3n(-c3ccccc3)c1c1ccccc21. The Bertz CT molecular complexity index is 1740. The summed E-state index contributed by atoms with van der Waals surface area (Å²) in [6, 6.07) is 35.4. The zero-order chi connectivity index (χ0) is 22.3. The van der Waals surface area contributed by atoms with Gasteiger partial charge in [-0.2, -0.15) is 0 Å². The third-order valence-electron chi connectivity index (χ3n) is 7.39. The second kappa shape index (κ2) is 6.59. The summed E-state index contributed by atoms with van der Waals surface area (Å²) in [7, 11) is 0. The molecule has 0 saturated heterocycles. The smallest absolute Gasteiger partial charge is 0.0623 e. The molecule has 0 spiro atoms. The molecule has 0 atom stereocenters. The Morgan fingerprint density at radius 3 is 2.15 bits per heavy atom. The molecule has 158 valence electrons. The maximum absolute atomic E-state index is 3.73. The summed E-state index contributed by atoms with van der Waals surface area (Å²) in [5.41, 5.74) is 9.22. The zero-order valence-corrected chi connectivity index (χ0v) is 20.1. The molecule has 0 fully saturated rings. The van der Waals surface area contributed by atoms with Crippen molar-refractivity contribution in [3.05, 3.63) is 113 Å². The Kier molecular flexibility index (Phi) is 3.82. The van der Waals surface area contributed by atoms with E-state index in [-0.39, 0.29) is 5.41 Å². The van der Waals surface area contributed by atoms with Crippen LogP contribution in [-0.2, 0) is 5.41 Å². The molecule has 33 heavy (non-hydrogen) atoms. The van der Waals surface area contributed by atoms with Crippen LogP contribution in [0.25, 0.3) is 49.4 Å². The maximum atomic E-state index is 3.73. The summed E-state index contributed by atoms with van der Waals surface area (Å²) < 4.78 is 3.59. The van der Waals surface area contributed by atoms with Crippen molar-refractivity contribution < 1.29 is 0 Å². The summed E-state index contributed by atoms with van der Waals surface area (Å²) >= 11 is 3.73. The van der Waals surface area contributed by atoms with Gasteiger partial charge in [-0.05, 0) is 58.0 Å². The first-order valence-corrected chi connectivity index (χ1v) is 12.2.